The summed E-state index contributed by atoms with van der Waals surface area (Å²) >= 11 is 3.42. The van der Waals surface area contributed by atoms with Gasteiger partial charge in [-0.3, -0.25) is 42.5 Å². The summed E-state index contributed by atoms with van der Waals surface area (Å²) in [6.07, 6.45) is -4.56. The summed E-state index contributed by atoms with van der Waals surface area (Å²) in [5.74, 6) is -5.54. The Morgan fingerprint density at radius 1 is 0.418 bits per heavy atom. The standard InChI is InChI=1S/C31H28F4N4O3.C31H29F3N4O3.C30H28BrFN4O3/c1-18(2)26(38(15-14-36)29(40)20-8-10-21(11-9-20)31(33,34)35)28-37-25-23-16-22(32)12-13-24(23)42-27(25)30(41)39(28)17-19-6-4-3-5-7-19;1-17(2)27(37(14-13-35)30(39)21-11-9-18(3)24(33)25(21)34)29-36-26-22-15-20(32)10-12-23(22)41-28(26)31(40)38(29)16-19-7-5-4-6-8-19;1-18(2)26(35(15-14-33)29(37)20-8-10-21(31)11-9-20)28-34-25-23-16-22(32)12-13-24(23)39-27(25)30(38)36(28)17-19-6-4-3-5-7-19/h3-13,16,18,26H,14-15,17,36H2,1-2H3;4-12,15,17,27H,13-14,16,35H2,1-3H3;3-13,16,18,26H,14-15,17,33H2,1-2H3/t26-;27-;26-/m111/s1. The van der Waals surface area contributed by atoms with Crippen molar-refractivity contribution in [2.75, 3.05) is 39.3 Å². The molecule has 0 saturated carbocycles. The molecule has 3 amide bonds. The molecule has 0 radical (unpaired) electrons. The number of hydrogen-bond donors (Lipinski definition) is 3. The van der Waals surface area contributed by atoms with Gasteiger partial charge in [-0.15, -0.1) is 0 Å². The molecule has 3 atom stereocenters. The predicted octanol–water partition coefficient (Wildman–Crippen LogP) is 17.8. The highest BCUT2D eigenvalue weighted by Crippen LogP contribution is 2.39. The Balaban J connectivity index is 0.000000158. The third kappa shape index (κ3) is 18.1. The first-order valence-corrected chi connectivity index (χ1v) is 40.1. The molecule has 21 nitrogen and oxygen atoms in total. The monoisotopic (exact) mass is 1730 g/mol. The molecule has 0 aliphatic rings. The van der Waals surface area contributed by atoms with Crippen LogP contribution in [0.15, 0.2) is 238 Å². The van der Waals surface area contributed by atoms with Crippen molar-refractivity contribution in [1.29, 1.82) is 0 Å². The second-order valence-corrected chi connectivity index (χ2v) is 31.3. The molecule has 0 unspecified atom stereocenters. The number of benzene rings is 9. The maximum atomic E-state index is 15.0. The highest BCUT2D eigenvalue weighted by Gasteiger charge is 2.39. The van der Waals surface area contributed by atoms with E-state index in [0.29, 0.717) is 33.1 Å². The van der Waals surface area contributed by atoms with Crippen LogP contribution in [0.4, 0.5) is 35.1 Å². The summed E-state index contributed by atoms with van der Waals surface area (Å²) in [6, 6.07) is 51.0. The van der Waals surface area contributed by atoms with Gasteiger partial charge in [0.15, 0.2) is 11.6 Å². The van der Waals surface area contributed by atoms with E-state index in [-0.39, 0.29) is 150 Å². The molecule has 6 aromatic heterocycles. The number of amides is 3. The fourth-order valence-corrected chi connectivity index (χ4v) is 15.4. The van der Waals surface area contributed by atoms with Gasteiger partial charge in [0.2, 0.25) is 16.7 Å². The van der Waals surface area contributed by atoms with Crippen molar-refractivity contribution < 1.29 is 62.8 Å². The fraction of sp³-hybridized carbons (Fsp3) is 0.250. The summed E-state index contributed by atoms with van der Waals surface area (Å²) in [4.78, 5) is 103. The minimum Gasteiger partial charge on any atom is -0.448 e. The lowest BCUT2D eigenvalue weighted by Crippen LogP contribution is -2.44. The molecule has 6 heterocycles. The zero-order valence-electron chi connectivity index (χ0n) is 67.3. The maximum absolute atomic E-state index is 15.0. The van der Waals surface area contributed by atoms with Crippen molar-refractivity contribution in [3.63, 3.8) is 0 Å². The first-order chi connectivity index (χ1) is 58.4. The highest BCUT2D eigenvalue weighted by molar-refractivity contribution is 9.10. The molecule has 630 valence electrons. The van der Waals surface area contributed by atoms with Crippen LogP contribution < -0.4 is 33.9 Å². The molecule has 15 aromatic rings. The summed E-state index contributed by atoms with van der Waals surface area (Å²) < 4.78 is 134. The quantitative estimate of drug-likeness (QED) is 0.0474. The van der Waals surface area contributed by atoms with E-state index >= 15 is 4.39 Å². The molecule has 0 aliphatic carbocycles. The molecule has 122 heavy (non-hydrogen) atoms. The lowest BCUT2D eigenvalue weighted by atomic mass is 9.98. The SMILES string of the molecule is CC(C)[C@H](c1nc2c(oc3ccc(F)cc32)c(=O)n1Cc1ccccc1)N(CCN)C(=O)c1ccc(Br)cc1.CC(C)[C@H](c1nc2c(oc3ccc(F)cc32)c(=O)n1Cc1ccccc1)N(CCN)C(=O)c1ccc(C(F)(F)F)cc1.Cc1ccc(C(=O)N(CCN)[C@@H](c2nc3c(oc4ccc(F)cc43)c(=O)n2Cc2ccccc2)C(C)C)c(F)c1F. The summed E-state index contributed by atoms with van der Waals surface area (Å²) in [6.45, 7) is 13.6. The minimum atomic E-state index is -4.56. The Morgan fingerprint density at radius 3 is 1.03 bits per heavy atom. The van der Waals surface area contributed by atoms with Crippen LogP contribution in [0, 0.1) is 53.8 Å². The van der Waals surface area contributed by atoms with Gasteiger partial charge in [-0.25, -0.2) is 36.9 Å². The minimum absolute atomic E-state index is 0.00986. The Hall–Kier alpha value is -12.8. The Labute approximate surface area is 701 Å². The summed E-state index contributed by atoms with van der Waals surface area (Å²) in [7, 11) is 0. The van der Waals surface area contributed by atoms with Crippen LogP contribution >= 0.6 is 15.9 Å². The first kappa shape index (κ1) is 87.1. The highest BCUT2D eigenvalue weighted by atomic mass is 79.9. The van der Waals surface area contributed by atoms with Crippen LogP contribution in [0.3, 0.4) is 0 Å². The van der Waals surface area contributed by atoms with Crippen LogP contribution in [0.5, 0.6) is 0 Å². The van der Waals surface area contributed by atoms with Crippen molar-refractivity contribution in [2.45, 2.75) is 92.4 Å². The van der Waals surface area contributed by atoms with Crippen LogP contribution in [-0.2, 0) is 25.8 Å². The Bertz CT molecular complexity index is 6560. The number of rotatable bonds is 24. The third-order valence-corrected chi connectivity index (χ3v) is 21.4. The molecule has 0 bridgehead atoms. The average Bonchev–Trinajstić information content (AvgIpc) is 1.56. The van der Waals surface area contributed by atoms with Gasteiger partial charge in [0.05, 0.1) is 48.9 Å². The number of nitrogens with zero attached hydrogens (tertiary/aromatic N) is 9. The number of alkyl halides is 3. The molecule has 15 rings (SSSR count). The van der Waals surface area contributed by atoms with Crippen LogP contribution in [-0.4, -0.2) is 100 Å². The van der Waals surface area contributed by atoms with E-state index in [4.69, 9.17) is 45.4 Å². The van der Waals surface area contributed by atoms with Crippen molar-refractivity contribution in [3.8, 4) is 0 Å². The van der Waals surface area contributed by atoms with Gasteiger partial charge in [0, 0.05) is 71.0 Å². The van der Waals surface area contributed by atoms with E-state index in [1.807, 2.05) is 133 Å². The normalized spacial score (nSPS) is 12.5. The van der Waals surface area contributed by atoms with E-state index in [9.17, 15) is 59.5 Å². The second kappa shape index (κ2) is 37.1. The van der Waals surface area contributed by atoms with E-state index in [1.165, 1.54) is 92.6 Å². The molecule has 6 N–H and O–H groups in total. The number of fused-ring (bicyclic) bond motifs is 9. The largest absolute Gasteiger partial charge is 0.448 e. The van der Waals surface area contributed by atoms with Gasteiger partial charge in [0.1, 0.15) is 68.2 Å². The molecule has 0 saturated heterocycles. The Morgan fingerprint density at radius 2 is 0.730 bits per heavy atom. The van der Waals surface area contributed by atoms with Crippen LogP contribution in [0.2, 0.25) is 0 Å². The van der Waals surface area contributed by atoms with Gasteiger partial charge in [-0.05, 0) is 156 Å². The second-order valence-electron chi connectivity index (χ2n) is 30.4. The number of carbonyl (C=O) groups excluding carboxylic acids is 3. The first-order valence-electron chi connectivity index (χ1n) is 39.3. The van der Waals surface area contributed by atoms with Crippen molar-refractivity contribution in [1.82, 2.24) is 43.4 Å². The number of aryl methyl sites for hydroxylation is 1. The molecule has 0 fully saturated rings. The van der Waals surface area contributed by atoms with Gasteiger partial charge < -0.3 is 45.2 Å². The number of carbonyl (C=O) groups is 3. The van der Waals surface area contributed by atoms with Crippen LogP contribution in [0.25, 0.3) is 66.2 Å². The van der Waals surface area contributed by atoms with E-state index in [1.54, 1.807) is 33.7 Å². The number of aromatic nitrogens is 6. The number of nitrogens with two attached hydrogens (primary N) is 3. The molecule has 0 aliphatic heterocycles. The van der Waals surface area contributed by atoms with Gasteiger partial charge >= 0.3 is 6.18 Å². The smallest absolute Gasteiger partial charge is 0.416 e. The van der Waals surface area contributed by atoms with E-state index < -0.39 is 93.0 Å². The van der Waals surface area contributed by atoms with Crippen molar-refractivity contribution >= 4 is 99.9 Å². The topological polar surface area (TPSA) is 283 Å². The van der Waals surface area contributed by atoms with E-state index in [0.717, 1.165) is 45.4 Å². The molecule has 30 heteroatoms. The van der Waals surface area contributed by atoms with Crippen LogP contribution in [0.1, 0.15) is 136 Å². The van der Waals surface area contributed by atoms with Crippen molar-refractivity contribution in [2.24, 2.45) is 35.0 Å². The third-order valence-electron chi connectivity index (χ3n) is 20.9. The lowest BCUT2D eigenvalue weighted by molar-refractivity contribution is -0.137. The Kier molecular flexibility index (Phi) is 26.5. The number of halogens is 9. The number of furan rings is 3. The number of hydrogen-bond acceptors (Lipinski definition) is 15. The summed E-state index contributed by atoms with van der Waals surface area (Å²) in [5, 5.41) is 1.01. The van der Waals surface area contributed by atoms with Gasteiger partial charge in [0.25, 0.3) is 34.4 Å². The van der Waals surface area contributed by atoms with Gasteiger partial charge in [-0.1, -0.05) is 155 Å². The van der Waals surface area contributed by atoms with E-state index in [2.05, 4.69) is 15.9 Å². The lowest BCUT2D eigenvalue weighted by Gasteiger charge is -2.35. The zero-order valence-corrected chi connectivity index (χ0v) is 68.9. The molecular formula is C92H85BrF8N12O9. The predicted molar refractivity (Wildman–Crippen MR) is 454 cm³/mol. The average molecular weight is 1730 g/mol. The van der Waals surface area contributed by atoms with Gasteiger partial charge in [-0.2, -0.15) is 13.2 Å². The summed E-state index contributed by atoms with van der Waals surface area (Å²) in [5.41, 5.74) is 19.5. The molecule has 9 aromatic carbocycles. The molecular weight excluding hydrogens is 1650 g/mol. The molecule has 0 spiro atoms. The fourth-order valence-electron chi connectivity index (χ4n) is 15.2. The van der Waals surface area contributed by atoms with Crippen molar-refractivity contribution in [3.05, 3.63) is 333 Å². The maximum Gasteiger partial charge on any atom is 0.416 e. The zero-order chi connectivity index (χ0) is 87.3.